The summed E-state index contributed by atoms with van der Waals surface area (Å²) in [6, 6.07) is 0. The van der Waals surface area contributed by atoms with E-state index in [4.69, 9.17) is 12.2 Å². The lowest BCUT2D eigenvalue weighted by atomic mass is 10.3. The van der Waals surface area contributed by atoms with Gasteiger partial charge in [-0.15, -0.1) is 0 Å². The van der Waals surface area contributed by atoms with Crippen molar-refractivity contribution in [3.8, 4) is 0 Å². The minimum absolute atomic E-state index is 0.976. The van der Waals surface area contributed by atoms with Crippen molar-refractivity contribution >= 4 is 28.3 Å². The molecule has 0 rings (SSSR count). The normalized spacial score (nSPS) is 10.0. The molecule has 0 radical (unpaired) electrons. The maximum absolute atomic E-state index is 5.17. The van der Waals surface area contributed by atoms with E-state index in [-0.39, 0.29) is 0 Å². The van der Waals surface area contributed by atoms with E-state index in [0.29, 0.717) is 0 Å². The average Bonchev–Trinajstić information content (AvgIpc) is 2.13. The molecule has 3 heteroatoms. The first-order chi connectivity index (χ1) is 6.31. The molecule has 78 valence electrons. The molecule has 1 N–H and O–H groups in total. The number of hydrogen-bond acceptors (Lipinski definition) is 2. The van der Waals surface area contributed by atoms with Gasteiger partial charge in [0.25, 0.3) is 0 Å². The Hall–Kier alpha value is 0.240. The van der Waals surface area contributed by atoms with E-state index >= 15 is 0 Å². The monoisotopic (exact) mass is 219 g/mol. The number of thiocarbonyl (C=S) groups is 1. The van der Waals surface area contributed by atoms with Crippen LogP contribution in [0.25, 0.3) is 0 Å². The van der Waals surface area contributed by atoms with E-state index in [9.17, 15) is 0 Å². The average molecular weight is 219 g/mol. The molecule has 0 aromatic rings. The second-order valence-electron chi connectivity index (χ2n) is 3.12. The van der Waals surface area contributed by atoms with Crippen molar-refractivity contribution in [3.63, 3.8) is 0 Å². The molecule has 13 heavy (non-hydrogen) atoms. The van der Waals surface area contributed by atoms with Crippen molar-refractivity contribution in [1.29, 1.82) is 0 Å². The fourth-order valence-electron chi connectivity index (χ4n) is 0.935. The SMILES string of the molecule is CCCCCSC(=S)NCCCC. The predicted molar refractivity (Wildman–Crippen MR) is 67.5 cm³/mol. The Morgan fingerprint density at radius 3 is 2.46 bits per heavy atom. The molecular formula is C10H21NS2. The highest BCUT2D eigenvalue weighted by Gasteiger charge is 1.95. The van der Waals surface area contributed by atoms with Gasteiger partial charge in [-0.2, -0.15) is 0 Å². The third-order valence-corrected chi connectivity index (χ3v) is 3.18. The van der Waals surface area contributed by atoms with Crippen LogP contribution in [0.2, 0.25) is 0 Å². The van der Waals surface area contributed by atoms with Crippen LogP contribution in [0.5, 0.6) is 0 Å². The number of rotatable bonds is 7. The highest BCUT2D eigenvalue weighted by molar-refractivity contribution is 8.22. The molecule has 0 aliphatic heterocycles. The third-order valence-electron chi connectivity index (χ3n) is 1.78. The van der Waals surface area contributed by atoms with Crippen LogP contribution in [0.4, 0.5) is 0 Å². The second kappa shape index (κ2) is 10.3. The van der Waals surface area contributed by atoms with Crippen LogP contribution >= 0.6 is 24.0 Å². The van der Waals surface area contributed by atoms with Gasteiger partial charge in [-0.25, -0.2) is 0 Å². The Bertz CT molecular complexity index is 126. The van der Waals surface area contributed by atoms with E-state index in [1.165, 1.54) is 37.9 Å². The minimum atomic E-state index is 0.976. The van der Waals surface area contributed by atoms with Gasteiger partial charge in [-0.05, 0) is 12.8 Å². The zero-order valence-electron chi connectivity index (χ0n) is 8.77. The molecular weight excluding hydrogens is 198 g/mol. The molecule has 0 aromatic carbocycles. The van der Waals surface area contributed by atoms with Crippen molar-refractivity contribution in [2.45, 2.75) is 46.0 Å². The molecule has 0 aliphatic carbocycles. The second-order valence-corrected chi connectivity index (χ2v) is 4.90. The fraction of sp³-hybridized carbons (Fsp3) is 0.900. The Labute approximate surface area is 92.1 Å². The summed E-state index contributed by atoms with van der Waals surface area (Å²) >= 11 is 6.96. The number of nitrogens with one attached hydrogen (secondary N) is 1. The maximum Gasteiger partial charge on any atom is 0.133 e. The van der Waals surface area contributed by atoms with Gasteiger partial charge in [0.05, 0.1) is 0 Å². The van der Waals surface area contributed by atoms with Crippen LogP contribution in [-0.4, -0.2) is 16.6 Å². The van der Waals surface area contributed by atoms with Gasteiger partial charge in [-0.3, -0.25) is 0 Å². The van der Waals surface area contributed by atoms with Gasteiger partial charge in [-0.1, -0.05) is 57.1 Å². The lowest BCUT2D eigenvalue weighted by Gasteiger charge is -2.05. The molecule has 0 aliphatic rings. The van der Waals surface area contributed by atoms with Crippen LogP contribution in [0.3, 0.4) is 0 Å². The fourth-order valence-corrected chi connectivity index (χ4v) is 2.03. The Kier molecular flexibility index (Phi) is 10.5. The summed E-state index contributed by atoms with van der Waals surface area (Å²) in [5.74, 6) is 1.17. The van der Waals surface area contributed by atoms with E-state index in [2.05, 4.69) is 19.2 Å². The molecule has 0 saturated heterocycles. The van der Waals surface area contributed by atoms with Gasteiger partial charge in [0.2, 0.25) is 0 Å². The number of thioether (sulfide) groups is 1. The van der Waals surface area contributed by atoms with Crippen molar-refractivity contribution < 1.29 is 0 Å². The van der Waals surface area contributed by atoms with E-state index in [1.54, 1.807) is 11.8 Å². The smallest absolute Gasteiger partial charge is 0.133 e. The van der Waals surface area contributed by atoms with E-state index in [0.717, 1.165) is 10.9 Å². The van der Waals surface area contributed by atoms with Gasteiger partial charge >= 0.3 is 0 Å². The van der Waals surface area contributed by atoms with Gasteiger partial charge < -0.3 is 5.32 Å². The standard InChI is InChI=1S/C10H21NS2/c1-3-5-7-9-13-10(12)11-8-6-4-2/h3-9H2,1-2H3,(H,11,12). The Balaban J connectivity index is 3.11. The zero-order valence-corrected chi connectivity index (χ0v) is 10.4. The van der Waals surface area contributed by atoms with E-state index < -0.39 is 0 Å². The summed E-state index contributed by atoms with van der Waals surface area (Å²) in [6.45, 7) is 5.46. The molecule has 0 spiro atoms. The third kappa shape index (κ3) is 10.2. The van der Waals surface area contributed by atoms with Crippen molar-refractivity contribution in [2.75, 3.05) is 12.3 Å². The Morgan fingerprint density at radius 2 is 1.85 bits per heavy atom. The quantitative estimate of drug-likeness (QED) is 0.519. The molecule has 0 atom stereocenters. The van der Waals surface area contributed by atoms with Gasteiger partial charge in [0.1, 0.15) is 4.32 Å². The molecule has 0 heterocycles. The highest BCUT2D eigenvalue weighted by Crippen LogP contribution is 2.07. The molecule has 0 bridgehead atoms. The summed E-state index contributed by atoms with van der Waals surface area (Å²) in [6.07, 6.45) is 6.35. The minimum Gasteiger partial charge on any atom is -0.371 e. The van der Waals surface area contributed by atoms with Crippen molar-refractivity contribution in [3.05, 3.63) is 0 Å². The topological polar surface area (TPSA) is 12.0 Å². The van der Waals surface area contributed by atoms with Crippen LogP contribution in [-0.2, 0) is 0 Å². The first-order valence-corrected chi connectivity index (χ1v) is 6.61. The lowest BCUT2D eigenvalue weighted by Crippen LogP contribution is -2.19. The van der Waals surface area contributed by atoms with Crippen LogP contribution in [0.1, 0.15) is 46.0 Å². The van der Waals surface area contributed by atoms with Crippen LogP contribution < -0.4 is 5.32 Å². The molecule has 0 fully saturated rings. The predicted octanol–water partition coefficient (Wildman–Crippen LogP) is 3.58. The van der Waals surface area contributed by atoms with E-state index in [1.807, 2.05) is 0 Å². The summed E-state index contributed by atoms with van der Waals surface area (Å²) in [5, 5.41) is 3.25. The van der Waals surface area contributed by atoms with Gasteiger partial charge in [0, 0.05) is 12.3 Å². The largest absolute Gasteiger partial charge is 0.371 e. The number of hydrogen-bond donors (Lipinski definition) is 1. The summed E-state index contributed by atoms with van der Waals surface area (Å²) in [4.78, 5) is 0. The zero-order chi connectivity index (χ0) is 9.94. The summed E-state index contributed by atoms with van der Waals surface area (Å²) in [5.41, 5.74) is 0. The highest BCUT2D eigenvalue weighted by atomic mass is 32.2. The first kappa shape index (κ1) is 13.2. The number of unbranched alkanes of at least 4 members (excludes halogenated alkanes) is 3. The molecule has 0 saturated carbocycles. The summed E-state index contributed by atoms with van der Waals surface area (Å²) < 4.78 is 0.976. The maximum atomic E-state index is 5.17. The Morgan fingerprint density at radius 1 is 1.15 bits per heavy atom. The molecule has 0 unspecified atom stereocenters. The van der Waals surface area contributed by atoms with Crippen LogP contribution in [0, 0.1) is 0 Å². The van der Waals surface area contributed by atoms with Crippen molar-refractivity contribution in [2.24, 2.45) is 0 Å². The first-order valence-electron chi connectivity index (χ1n) is 5.21. The van der Waals surface area contributed by atoms with Crippen molar-refractivity contribution in [1.82, 2.24) is 5.32 Å². The lowest BCUT2D eigenvalue weighted by molar-refractivity contribution is 0.762. The van der Waals surface area contributed by atoms with Crippen LogP contribution in [0.15, 0.2) is 0 Å². The summed E-state index contributed by atoms with van der Waals surface area (Å²) in [7, 11) is 0. The molecule has 0 amide bonds. The molecule has 1 nitrogen and oxygen atoms in total. The van der Waals surface area contributed by atoms with Gasteiger partial charge in [0.15, 0.2) is 0 Å². The molecule has 0 aromatic heterocycles.